The summed E-state index contributed by atoms with van der Waals surface area (Å²) in [5, 5.41) is 10.2. The highest BCUT2D eigenvalue weighted by Gasteiger charge is 2.24. The molecular formula is C18H23N5S3. The molecule has 0 radical (unpaired) electrons. The fraction of sp³-hybridized carbons (Fsp3) is 0.500. The van der Waals surface area contributed by atoms with E-state index in [2.05, 4.69) is 46.5 Å². The second kappa shape index (κ2) is 8.12. The van der Waals surface area contributed by atoms with Crippen molar-refractivity contribution in [2.75, 3.05) is 25.0 Å². The molecular weight excluding hydrogens is 382 g/mol. The van der Waals surface area contributed by atoms with Crippen molar-refractivity contribution in [1.82, 2.24) is 19.7 Å². The fourth-order valence-corrected chi connectivity index (χ4v) is 5.45. The van der Waals surface area contributed by atoms with Crippen molar-refractivity contribution < 1.29 is 0 Å². The minimum atomic E-state index is 0.506. The van der Waals surface area contributed by atoms with E-state index < -0.39 is 0 Å². The van der Waals surface area contributed by atoms with Crippen LogP contribution in [-0.4, -0.2) is 39.3 Å². The van der Waals surface area contributed by atoms with Gasteiger partial charge in [0.15, 0.2) is 3.95 Å². The number of nitrogens with zero attached hydrogens (tertiary/aromatic N) is 4. The maximum Gasteiger partial charge on any atom is 0.204 e. The van der Waals surface area contributed by atoms with Crippen LogP contribution in [0.4, 0.5) is 5.13 Å². The Morgan fingerprint density at radius 3 is 3.04 bits per heavy atom. The number of fused-ring (bicyclic) bond motifs is 1. The number of hydrogen-bond donors (Lipinski definition) is 1. The normalized spacial score (nSPS) is 18.4. The van der Waals surface area contributed by atoms with Crippen molar-refractivity contribution in [3.05, 3.63) is 33.2 Å². The van der Waals surface area contributed by atoms with Crippen molar-refractivity contribution in [3.8, 4) is 0 Å². The Morgan fingerprint density at radius 2 is 2.19 bits per heavy atom. The molecule has 0 bridgehead atoms. The highest BCUT2D eigenvalue weighted by molar-refractivity contribution is 7.73. The average molecular weight is 406 g/mol. The van der Waals surface area contributed by atoms with Gasteiger partial charge in [0.25, 0.3) is 0 Å². The summed E-state index contributed by atoms with van der Waals surface area (Å²) in [6, 6.07) is 8.42. The molecule has 1 aliphatic rings. The Morgan fingerprint density at radius 1 is 1.31 bits per heavy atom. The molecule has 138 valence electrons. The molecule has 0 aliphatic carbocycles. The minimum absolute atomic E-state index is 0.506. The number of hydrogen-bond acceptors (Lipinski definition) is 7. The summed E-state index contributed by atoms with van der Waals surface area (Å²) in [5.74, 6) is 0.506. The van der Waals surface area contributed by atoms with Crippen molar-refractivity contribution in [3.63, 3.8) is 0 Å². The van der Waals surface area contributed by atoms with E-state index in [1.165, 1.54) is 22.5 Å². The van der Waals surface area contributed by atoms with Gasteiger partial charge in [0.1, 0.15) is 0 Å². The van der Waals surface area contributed by atoms with Gasteiger partial charge in [-0.05, 0) is 50.2 Å². The number of anilines is 1. The summed E-state index contributed by atoms with van der Waals surface area (Å²) in [4.78, 5) is 7.33. The third kappa shape index (κ3) is 3.98. The Balaban J connectivity index is 1.45. The molecule has 1 aliphatic heterocycles. The van der Waals surface area contributed by atoms with Gasteiger partial charge in [-0.3, -0.25) is 4.90 Å². The van der Waals surface area contributed by atoms with E-state index in [1.54, 1.807) is 11.3 Å². The largest absolute Gasteiger partial charge is 0.360 e. The van der Waals surface area contributed by atoms with Crippen molar-refractivity contribution in [2.24, 2.45) is 0 Å². The van der Waals surface area contributed by atoms with Crippen LogP contribution >= 0.6 is 34.9 Å². The lowest BCUT2D eigenvalue weighted by Crippen LogP contribution is -2.36. The van der Waals surface area contributed by atoms with Gasteiger partial charge in [-0.1, -0.05) is 30.4 Å². The van der Waals surface area contributed by atoms with E-state index in [9.17, 15) is 0 Å². The first-order chi connectivity index (χ1) is 12.7. The number of piperidine rings is 1. The zero-order valence-electron chi connectivity index (χ0n) is 14.9. The molecule has 0 amide bonds. The number of benzene rings is 1. The summed E-state index contributed by atoms with van der Waals surface area (Å²) >= 11 is 8.90. The number of para-hydroxylation sites is 1. The van der Waals surface area contributed by atoms with Crippen LogP contribution in [0.3, 0.4) is 0 Å². The summed E-state index contributed by atoms with van der Waals surface area (Å²) in [5.41, 5.74) is 1.12. The van der Waals surface area contributed by atoms with Crippen LogP contribution in [0.25, 0.3) is 10.2 Å². The number of likely N-dealkylation sites (tertiary alicyclic amines) is 1. The second-order valence-corrected chi connectivity index (χ2v) is 9.36. The van der Waals surface area contributed by atoms with Crippen LogP contribution in [-0.2, 0) is 6.67 Å². The maximum atomic E-state index is 5.50. The Hall–Kier alpha value is -1.35. The smallest absolute Gasteiger partial charge is 0.204 e. The standard InChI is InChI=1S/C18H23N5S3/c1-2-9-19-17-21-23(18(24)26-17)12-22-10-5-6-13(11-22)16-20-14-7-3-4-8-15(14)25-16/h3-4,7-8,13H,2,5-6,9-12H2,1H3,(H,19,21)/t13-/m1/s1. The predicted molar refractivity (Wildman–Crippen MR) is 113 cm³/mol. The molecule has 3 heterocycles. The first-order valence-electron chi connectivity index (χ1n) is 9.12. The van der Waals surface area contributed by atoms with Gasteiger partial charge in [0, 0.05) is 19.0 Å². The molecule has 1 N–H and O–H groups in total. The molecule has 26 heavy (non-hydrogen) atoms. The van der Waals surface area contributed by atoms with E-state index in [1.807, 2.05) is 16.0 Å². The monoisotopic (exact) mass is 405 g/mol. The summed E-state index contributed by atoms with van der Waals surface area (Å²) in [6.45, 7) is 5.98. The number of thiazole rings is 1. The zero-order valence-corrected chi connectivity index (χ0v) is 17.3. The lowest BCUT2D eigenvalue weighted by molar-refractivity contribution is 0.157. The van der Waals surface area contributed by atoms with Gasteiger partial charge in [-0.25, -0.2) is 9.67 Å². The SMILES string of the molecule is CCCNc1nn(CN2CCC[C@@H](c3nc4ccccc4s3)C2)c(=S)s1. The molecule has 2 aromatic heterocycles. The highest BCUT2D eigenvalue weighted by atomic mass is 32.1. The highest BCUT2D eigenvalue weighted by Crippen LogP contribution is 2.33. The Kier molecular flexibility index (Phi) is 5.63. The third-order valence-corrected chi connectivity index (χ3v) is 7.10. The van der Waals surface area contributed by atoms with Crippen molar-refractivity contribution in [2.45, 2.75) is 38.8 Å². The van der Waals surface area contributed by atoms with E-state index >= 15 is 0 Å². The molecule has 3 aromatic rings. The van der Waals surface area contributed by atoms with E-state index in [4.69, 9.17) is 17.2 Å². The van der Waals surface area contributed by atoms with Crippen LogP contribution in [0.15, 0.2) is 24.3 Å². The number of nitrogens with one attached hydrogen (secondary N) is 1. The molecule has 0 unspecified atom stereocenters. The van der Waals surface area contributed by atoms with Crippen molar-refractivity contribution >= 4 is 50.2 Å². The number of aromatic nitrogens is 3. The molecule has 0 spiro atoms. The number of rotatable bonds is 6. The molecule has 0 saturated carbocycles. The third-order valence-electron chi connectivity index (χ3n) is 4.63. The lowest BCUT2D eigenvalue weighted by Gasteiger charge is -2.31. The quantitative estimate of drug-likeness (QED) is 0.588. The van der Waals surface area contributed by atoms with Gasteiger partial charge >= 0.3 is 0 Å². The predicted octanol–water partition coefficient (Wildman–Crippen LogP) is 4.94. The minimum Gasteiger partial charge on any atom is -0.360 e. The van der Waals surface area contributed by atoms with Crippen LogP contribution in [0.5, 0.6) is 0 Å². The molecule has 1 saturated heterocycles. The lowest BCUT2D eigenvalue weighted by atomic mass is 9.99. The summed E-state index contributed by atoms with van der Waals surface area (Å²) < 4.78 is 4.08. The van der Waals surface area contributed by atoms with Gasteiger partial charge < -0.3 is 5.32 Å². The maximum absolute atomic E-state index is 5.50. The van der Waals surface area contributed by atoms with Gasteiger partial charge in [0.2, 0.25) is 5.13 Å². The molecule has 8 heteroatoms. The summed E-state index contributed by atoms with van der Waals surface area (Å²) in [7, 11) is 0. The summed E-state index contributed by atoms with van der Waals surface area (Å²) in [6.07, 6.45) is 3.49. The molecule has 1 fully saturated rings. The van der Waals surface area contributed by atoms with Crippen LogP contribution in [0.1, 0.15) is 37.1 Å². The van der Waals surface area contributed by atoms with Crippen molar-refractivity contribution in [1.29, 1.82) is 0 Å². The first-order valence-corrected chi connectivity index (χ1v) is 11.2. The van der Waals surface area contributed by atoms with Crippen LogP contribution in [0, 0.1) is 3.95 Å². The van der Waals surface area contributed by atoms with Gasteiger partial charge in [-0.2, -0.15) is 0 Å². The van der Waals surface area contributed by atoms with Crippen LogP contribution < -0.4 is 5.32 Å². The second-order valence-electron chi connectivity index (χ2n) is 6.68. The fourth-order valence-electron chi connectivity index (χ4n) is 3.34. The molecule has 1 atom stereocenters. The topological polar surface area (TPSA) is 46.0 Å². The molecule has 4 rings (SSSR count). The average Bonchev–Trinajstić information content (AvgIpc) is 3.24. The molecule has 5 nitrogen and oxygen atoms in total. The van der Waals surface area contributed by atoms with Gasteiger partial charge in [0.05, 0.1) is 21.9 Å². The zero-order chi connectivity index (χ0) is 17.9. The molecule has 1 aromatic carbocycles. The van der Waals surface area contributed by atoms with Crippen LogP contribution in [0.2, 0.25) is 0 Å². The van der Waals surface area contributed by atoms with Gasteiger partial charge in [-0.15, -0.1) is 16.4 Å². The first kappa shape index (κ1) is 18.0. The Bertz CT molecular complexity index is 895. The Labute approximate surface area is 166 Å². The van der Waals surface area contributed by atoms with E-state index in [0.29, 0.717) is 5.92 Å². The van der Waals surface area contributed by atoms with E-state index in [-0.39, 0.29) is 0 Å². The van der Waals surface area contributed by atoms with E-state index in [0.717, 1.165) is 47.3 Å².